The number of benzene rings is 3. The van der Waals surface area contributed by atoms with Crippen LogP contribution in [0.25, 0.3) is 0 Å². The lowest BCUT2D eigenvalue weighted by Crippen LogP contribution is -2.33. The third kappa shape index (κ3) is 6.72. The van der Waals surface area contributed by atoms with Crippen LogP contribution in [0.3, 0.4) is 0 Å². The Labute approximate surface area is 190 Å². The fraction of sp³-hybridized carbons (Fsp3) is 0.160. The summed E-state index contributed by atoms with van der Waals surface area (Å²) in [7, 11) is -1.86. The lowest BCUT2D eigenvalue weighted by Gasteiger charge is -2.26. The molecule has 3 rings (SSSR count). The third-order valence-electron chi connectivity index (χ3n) is 4.56. The summed E-state index contributed by atoms with van der Waals surface area (Å²) in [5, 5.41) is 19.3. The first kappa shape index (κ1) is 25.9. The largest absolute Gasteiger partial charge is 0.394 e. The quantitative estimate of drug-likeness (QED) is 0.303. The van der Waals surface area contributed by atoms with Gasteiger partial charge in [0, 0.05) is 0 Å². The molecule has 0 aliphatic carbocycles. The second-order valence-electron chi connectivity index (χ2n) is 6.51. The van der Waals surface area contributed by atoms with E-state index in [0.717, 1.165) is 18.0 Å². The molecule has 30 heavy (non-hydrogen) atoms. The van der Waals surface area contributed by atoms with Gasteiger partial charge in [0.2, 0.25) is 0 Å². The molecule has 0 bridgehead atoms. The molecule has 0 aromatic heterocycles. The summed E-state index contributed by atoms with van der Waals surface area (Å²) < 4.78 is 0. The van der Waals surface area contributed by atoms with Gasteiger partial charge >= 0.3 is 0 Å². The van der Waals surface area contributed by atoms with E-state index >= 15 is 0 Å². The van der Waals surface area contributed by atoms with Crippen molar-refractivity contribution in [3.63, 3.8) is 0 Å². The maximum absolute atomic E-state index is 11.2. The molecule has 0 saturated carbocycles. The number of rotatable bonds is 7. The van der Waals surface area contributed by atoms with Crippen molar-refractivity contribution in [3.05, 3.63) is 103 Å². The normalized spacial score (nSPS) is 11.0. The van der Waals surface area contributed by atoms with E-state index in [1.54, 1.807) is 0 Å². The summed E-state index contributed by atoms with van der Waals surface area (Å²) in [6, 6.07) is 32.1. The predicted octanol–water partition coefficient (Wildman–Crippen LogP) is 3.67. The van der Waals surface area contributed by atoms with Crippen LogP contribution >= 0.6 is 24.2 Å². The van der Waals surface area contributed by atoms with Gasteiger partial charge in [-0.2, -0.15) is 0 Å². The Hall–Kier alpha value is -2.10. The average molecular weight is 488 g/mol. The average Bonchev–Trinajstić information content (AvgIpc) is 2.81. The first-order chi connectivity index (χ1) is 14.2. The van der Waals surface area contributed by atoms with Crippen LogP contribution in [0.5, 0.6) is 0 Å². The van der Waals surface area contributed by atoms with Crippen molar-refractivity contribution < 1.29 is 15.0 Å². The van der Waals surface area contributed by atoms with Gasteiger partial charge in [-0.3, -0.25) is 4.79 Å². The second kappa shape index (κ2) is 14.0. The fourth-order valence-corrected chi connectivity index (χ4v) is 7.27. The van der Waals surface area contributed by atoms with Crippen molar-refractivity contribution in [2.45, 2.75) is 6.92 Å². The molecule has 0 aliphatic heterocycles. The van der Waals surface area contributed by atoms with Gasteiger partial charge in [-0.1, -0.05) is 54.6 Å². The van der Waals surface area contributed by atoms with Gasteiger partial charge in [0.1, 0.15) is 29.5 Å². The van der Waals surface area contributed by atoms with E-state index in [2.05, 4.69) is 97.1 Å². The number of aldehydes is 1. The van der Waals surface area contributed by atoms with E-state index in [9.17, 15) is 4.79 Å². The molecular formula is C25H29BrO3P+. The molecule has 0 aliphatic rings. The Bertz CT molecular complexity index is 785. The van der Waals surface area contributed by atoms with E-state index in [0.29, 0.717) is 0 Å². The van der Waals surface area contributed by atoms with Gasteiger partial charge in [-0.25, -0.2) is 0 Å². The van der Waals surface area contributed by atoms with E-state index < -0.39 is 7.26 Å². The maximum atomic E-state index is 11.2. The predicted molar refractivity (Wildman–Crippen MR) is 134 cm³/mol. The zero-order chi connectivity index (χ0) is 21.0. The minimum absolute atomic E-state index is 0. The van der Waals surface area contributed by atoms with Crippen molar-refractivity contribution in [1.29, 1.82) is 0 Å². The Balaban J connectivity index is 0.000000827. The Morgan fingerprint density at radius 1 is 0.733 bits per heavy atom. The molecule has 3 aromatic carbocycles. The molecule has 3 nitrogen and oxygen atoms in total. The van der Waals surface area contributed by atoms with Crippen LogP contribution in [0.15, 0.2) is 103 Å². The van der Waals surface area contributed by atoms with Gasteiger partial charge in [-0.05, 0) is 55.0 Å². The second-order valence-corrected chi connectivity index (χ2v) is 10.0. The fourth-order valence-electron chi connectivity index (χ4n) is 3.14. The maximum Gasteiger partial charge on any atom is 0.145 e. The molecule has 3 aromatic rings. The van der Waals surface area contributed by atoms with Crippen molar-refractivity contribution in [2.75, 3.05) is 19.4 Å². The molecule has 2 N–H and O–H groups in total. The molecule has 0 unspecified atom stereocenters. The van der Waals surface area contributed by atoms with Crippen LogP contribution < -0.4 is 15.9 Å². The number of carbonyl (C=O) groups excluding carboxylic acids is 1. The number of carbonyl (C=O) groups is 1. The monoisotopic (exact) mass is 487 g/mol. The smallest absolute Gasteiger partial charge is 0.145 e. The summed E-state index contributed by atoms with van der Waals surface area (Å²) in [6.45, 7) is 1.63. The van der Waals surface area contributed by atoms with Crippen LogP contribution in [0, 0.1) is 0 Å². The van der Waals surface area contributed by atoms with Gasteiger partial charge in [-0.15, -0.1) is 17.0 Å². The summed E-state index contributed by atoms with van der Waals surface area (Å²) >= 11 is 0. The number of hydrogen-bond acceptors (Lipinski definition) is 3. The standard InChI is InChI=1S/C23H22OP.C2H6O2.BrH/c1-20(19-24)17-18-25(21-11-5-2-6-12-21,22-13-7-3-8-14-22)23-15-9-4-10-16-23;3-1-2-4;/h2-17,19H,18H2,1H3;3-4H,1-2H2;1H/q+1;;. The summed E-state index contributed by atoms with van der Waals surface area (Å²) in [6.07, 6.45) is 3.87. The molecule has 0 saturated heterocycles. The number of aliphatic hydroxyl groups excluding tert-OH is 2. The van der Waals surface area contributed by atoms with Crippen LogP contribution in [-0.2, 0) is 4.79 Å². The van der Waals surface area contributed by atoms with E-state index in [4.69, 9.17) is 10.2 Å². The number of allylic oxidation sites excluding steroid dienone is 2. The first-order valence-electron chi connectivity index (χ1n) is 9.57. The molecule has 5 heteroatoms. The lowest BCUT2D eigenvalue weighted by atomic mass is 10.3. The van der Waals surface area contributed by atoms with E-state index in [1.807, 2.05) is 6.92 Å². The molecular weight excluding hydrogens is 459 g/mol. The van der Waals surface area contributed by atoms with Crippen molar-refractivity contribution in [2.24, 2.45) is 0 Å². The lowest BCUT2D eigenvalue weighted by molar-refractivity contribution is -0.104. The van der Waals surface area contributed by atoms with Gasteiger partial charge < -0.3 is 10.2 Å². The van der Waals surface area contributed by atoms with Crippen molar-refractivity contribution >= 4 is 46.4 Å². The molecule has 0 amide bonds. The molecule has 0 spiro atoms. The highest BCUT2D eigenvalue weighted by Crippen LogP contribution is 2.55. The summed E-state index contributed by atoms with van der Waals surface area (Å²) in [5.74, 6) is 0. The van der Waals surface area contributed by atoms with Crippen LogP contribution in [0.4, 0.5) is 0 Å². The molecule has 158 valence electrons. The first-order valence-corrected chi connectivity index (χ1v) is 11.5. The molecule has 0 atom stereocenters. The number of hydrogen-bond donors (Lipinski definition) is 2. The summed E-state index contributed by atoms with van der Waals surface area (Å²) in [5.41, 5.74) is 0.784. The summed E-state index contributed by atoms with van der Waals surface area (Å²) in [4.78, 5) is 11.2. The van der Waals surface area contributed by atoms with Crippen LogP contribution in [0.2, 0.25) is 0 Å². The Kier molecular flexibility index (Phi) is 12.1. The highest BCUT2D eigenvalue weighted by molar-refractivity contribution is 8.93. The number of aliphatic hydroxyl groups is 2. The van der Waals surface area contributed by atoms with Crippen LogP contribution in [0.1, 0.15) is 6.92 Å². The Morgan fingerprint density at radius 3 is 1.33 bits per heavy atom. The number of halogens is 1. The van der Waals surface area contributed by atoms with Gasteiger partial charge in [0.05, 0.1) is 19.4 Å². The SMILES string of the molecule is Br.CC(C=O)=CC[P+](c1ccccc1)(c1ccccc1)c1ccccc1.OCCO. The van der Waals surface area contributed by atoms with Crippen LogP contribution in [-0.4, -0.2) is 35.9 Å². The molecule has 0 fully saturated rings. The Morgan fingerprint density at radius 2 is 1.07 bits per heavy atom. The highest BCUT2D eigenvalue weighted by atomic mass is 79.9. The van der Waals surface area contributed by atoms with Crippen molar-refractivity contribution in [3.8, 4) is 0 Å². The topological polar surface area (TPSA) is 57.5 Å². The van der Waals surface area contributed by atoms with E-state index in [1.165, 1.54) is 15.9 Å². The zero-order valence-corrected chi connectivity index (χ0v) is 19.7. The van der Waals surface area contributed by atoms with E-state index in [-0.39, 0.29) is 30.2 Å². The molecule has 0 heterocycles. The molecule has 0 radical (unpaired) electrons. The minimum atomic E-state index is -1.86. The zero-order valence-electron chi connectivity index (χ0n) is 17.1. The minimum Gasteiger partial charge on any atom is -0.394 e. The highest BCUT2D eigenvalue weighted by Gasteiger charge is 2.44. The third-order valence-corrected chi connectivity index (χ3v) is 8.83. The van der Waals surface area contributed by atoms with Gasteiger partial charge in [0.25, 0.3) is 0 Å². The van der Waals surface area contributed by atoms with Gasteiger partial charge in [0.15, 0.2) is 0 Å². The van der Waals surface area contributed by atoms with Crippen molar-refractivity contribution in [1.82, 2.24) is 0 Å².